The van der Waals surface area contributed by atoms with Crippen molar-refractivity contribution in [2.75, 3.05) is 6.61 Å². The highest BCUT2D eigenvalue weighted by atomic mass is 16.3. The maximum atomic E-state index is 9.97. The van der Waals surface area contributed by atoms with Gasteiger partial charge in [-0.25, -0.2) is 0 Å². The van der Waals surface area contributed by atoms with Crippen LogP contribution >= 0.6 is 0 Å². The number of hydrogen-bond donors (Lipinski definition) is 1. The number of hydrogen-bond acceptors (Lipinski definition) is 1. The minimum Gasteiger partial charge on any atom is -0.392 e. The molecule has 1 N–H and O–H groups in total. The van der Waals surface area contributed by atoms with Gasteiger partial charge in [-0.2, -0.15) is 0 Å². The van der Waals surface area contributed by atoms with Crippen LogP contribution in [-0.4, -0.2) is 11.7 Å². The van der Waals surface area contributed by atoms with E-state index in [1.54, 1.807) is 0 Å². The Balaban J connectivity index is 1.83. The van der Waals surface area contributed by atoms with Crippen LogP contribution in [0.4, 0.5) is 0 Å². The molecule has 2 saturated carbocycles. The molecule has 4 aliphatic carbocycles. The monoisotopic (exact) mass is 312 g/mol. The van der Waals surface area contributed by atoms with Crippen molar-refractivity contribution in [3.8, 4) is 0 Å². The Morgan fingerprint density at radius 2 is 1.96 bits per heavy atom. The van der Waals surface area contributed by atoms with Gasteiger partial charge in [0.1, 0.15) is 0 Å². The van der Waals surface area contributed by atoms with E-state index in [0.29, 0.717) is 23.2 Å². The fraction of sp³-hybridized carbons (Fsp3) is 0.727. The first kappa shape index (κ1) is 15.7. The third-order valence-electron chi connectivity index (χ3n) is 8.25. The summed E-state index contributed by atoms with van der Waals surface area (Å²) in [5.74, 6) is 4.40. The van der Waals surface area contributed by atoms with Gasteiger partial charge >= 0.3 is 0 Å². The fourth-order valence-corrected chi connectivity index (χ4v) is 6.86. The largest absolute Gasteiger partial charge is 0.392 e. The smallest absolute Gasteiger partial charge is 0.0642 e. The van der Waals surface area contributed by atoms with Crippen LogP contribution in [0.1, 0.15) is 47.5 Å². The number of rotatable bonds is 1. The molecule has 126 valence electrons. The van der Waals surface area contributed by atoms with E-state index in [1.807, 2.05) is 0 Å². The average molecular weight is 312 g/mol. The Morgan fingerprint density at radius 1 is 1.26 bits per heavy atom. The summed E-state index contributed by atoms with van der Waals surface area (Å²) >= 11 is 0. The lowest BCUT2D eigenvalue weighted by atomic mass is 9.60. The third kappa shape index (κ3) is 1.89. The molecule has 1 heteroatoms. The predicted octanol–water partition coefficient (Wildman–Crippen LogP) is 4.99. The molecule has 0 aromatic rings. The van der Waals surface area contributed by atoms with Crippen LogP contribution in [0.15, 0.2) is 35.5 Å². The van der Waals surface area contributed by atoms with Crippen LogP contribution in [0.3, 0.4) is 0 Å². The van der Waals surface area contributed by atoms with Gasteiger partial charge < -0.3 is 5.11 Å². The maximum Gasteiger partial charge on any atom is 0.0642 e. The Morgan fingerprint density at radius 3 is 2.61 bits per heavy atom. The first-order valence-electron chi connectivity index (χ1n) is 9.40. The van der Waals surface area contributed by atoms with E-state index in [1.165, 1.54) is 23.1 Å². The fourth-order valence-electron chi connectivity index (χ4n) is 6.86. The minimum atomic E-state index is 0.109. The quantitative estimate of drug-likeness (QED) is 0.676. The van der Waals surface area contributed by atoms with E-state index in [2.05, 4.69) is 53.3 Å². The lowest BCUT2D eigenvalue weighted by Crippen LogP contribution is -2.38. The molecule has 23 heavy (non-hydrogen) atoms. The Hall–Kier alpha value is -0.820. The Kier molecular flexibility index (Phi) is 3.16. The number of allylic oxidation sites excluding steroid dienone is 4. The van der Waals surface area contributed by atoms with Gasteiger partial charge in [0.05, 0.1) is 6.61 Å². The standard InChI is InChI=1S/C22H32O/c1-12-7-17-19-13(2)8-18-20(21(18,4)5)16(19)9-15(11-23)10-22(17,6)14(12)3/h7,9,13,16-20,23H,3,8,10-11H2,1-2,4-6H3/t13?,16-,17?,18?,19?,20+,22?/m1/s1. The number of aliphatic hydroxyl groups excluding tert-OH is 1. The third-order valence-corrected chi connectivity index (χ3v) is 8.25. The van der Waals surface area contributed by atoms with Crippen molar-refractivity contribution < 1.29 is 5.11 Å². The van der Waals surface area contributed by atoms with Crippen LogP contribution in [0.5, 0.6) is 0 Å². The van der Waals surface area contributed by atoms with Crippen molar-refractivity contribution >= 4 is 0 Å². The molecule has 0 amide bonds. The van der Waals surface area contributed by atoms with Gasteiger partial charge in [-0.3, -0.25) is 0 Å². The van der Waals surface area contributed by atoms with E-state index >= 15 is 0 Å². The van der Waals surface area contributed by atoms with Gasteiger partial charge in [0.25, 0.3) is 0 Å². The van der Waals surface area contributed by atoms with E-state index in [-0.39, 0.29) is 12.0 Å². The highest BCUT2D eigenvalue weighted by Gasteiger charge is 2.66. The molecule has 0 aromatic carbocycles. The molecule has 0 saturated heterocycles. The normalized spacial score (nSPS) is 50.3. The summed E-state index contributed by atoms with van der Waals surface area (Å²) in [7, 11) is 0. The molecule has 1 nitrogen and oxygen atoms in total. The lowest BCUT2D eigenvalue weighted by Gasteiger charge is -2.43. The predicted molar refractivity (Wildman–Crippen MR) is 95.8 cm³/mol. The van der Waals surface area contributed by atoms with Gasteiger partial charge in [0, 0.05) is 5.41 Å². The zero-order valence-corrected chi connectivity index (χ0v) is 15.4. The zero-order valence-electron chi connectivity index (χ0n) is 15.4. The summed E-state index contributed by atoms with van der Waals surface area (Å²) in [5.41, 5.74) is 4.55. The van der Waals surface area contributed by atoms with Crippen molar-refractivity contribution in [3.05, 3.63) is 35.5 Å². The topological polar surface area (TPSA) is 20.2 Å². The molecule has 2 fully saturated rings. The summed E-state index contributed by atoms with van der Waals surface area (Å²) in [6, 6.07) is 0. The van der Waals surface area contributed by atoms with Gasteiger partial charge in [-0.05, 0) is 71.8 Å². The van der Waals surface area contributed by atoms with Crippen molar-refractivity contribution in [2.45, 2.75) is 47.5 Å². The van der Waals surface area contributed by atoms with Gasteiger partial charge in [-0.15, -0.1) is 0 Å². The average Bonchev–Trinajstić information content (AvgIpc) is 3.00. The van der Waals surface area contributed by atoms with Gasteiger partial charge in [0.15, 0.2) is 0 Å². The zero-order chi connectivity index (χ0) is 16.7. The van der Waals surface area contributed by atoms with E-state index in [9.17, 15) is 5.11 Å². The molecule has 5 unspecified atom stereocenters. The van der Waals surface area contributed by atoms with Crippen LogP contribution in [0.2, 0.25) is 0 Å². The molecule has 0 bridgehead atoms. The Labute approximate surface area is 141 Å². The van der Waals surface area contributed by atoms with Crippen molar-refractivity contribution in [1.82, 2.24) is 0 Å². The van der Waals surface area contributed by atoms with Crippen LogP contribution in [0, 0.1) is 46.3 Å². The van der Waals surface area contributed by atoms with Gasteiger partial charge in [-0.1, -0.05) is 52.0 Å². The van der Waals surface area contributed by atoms with Crippen LogP contribution in [0.25, 0.3) is 0 Å². The van der Waals surface area contributed by atoms with Crippen LogP contribution < -0.4 is 0 Å². The highest BCUT2D eigenvalue weighted by Crippen LogP contribution is 2.72. The lowest BCUT2D eigenvalue weighted by molar-refractivity contribution is 0.0933. The van der Waals surface area contributed by atoms with E-state index < -0.39 is 0 Å². The maximum absolute atomic E-state index is 9.97. The SMILES string of the molecule is C=C1C(C)=CC2C3C(C)CC4[C@H]([C@@H]3C=C(CO)CC12C)C4(C)C. The highest BCUT2D eigenvalue weighted by molar-refractivity contribution is 5.44. The first-order valence-corrected chi connectivity index (χ1v) is 9.40. The summed E-state index contributed by atoms with van der Waals surface area (Å²) in [5, 5.41) is 9.97. The molecule has 0 aliphatic heterocycles. The number of fused-ring (bicyclic) bond motifs is 5. The minimum absolute atomic E-state index is 0.109. The molecule has 4 aliphatic rings. The molecular weight excluding hydrogens is 280 g/mol. The summed E-state index contributed by atoms with van der Waals surface area (Å²) in [4.78, 5) is 0. The summed E-state index contributed by atoms with van der Waals surface area (Å²) < 4.78 is 0. The summed E-state index contributed by atoms with van der Waals surface area (Å²) in [6.45, 7) is 16.7. The number of aliphatic hydroxyl groups is 1. The molecule has 0 spiro atoms. The second-order valence-electron chi connectivity index (χ2n) is 9.75. The molecule has 0 aromatic heterocycles. The molecule has 4 rings (SSSR count). The molecular formula is C22H32O. The van der Waals surface area contributed by atoms with E-state index in [4.69, 9.17) is 0 Å². The molecule has 0 radical (unpaired) electrons. The van der Waals surface area contributed by atoms with Crippen molar-refractivity contribution in [2.24, 2.45) is 46.3 Å². The molecule has 7 atom stereocenters. The van der Waals surface area contributed by atoms with E-state index in [0.717, 1.165) is 24.2 Å². The van der Waals surface area contributed by atoms with Crippen molar-refractivity contribution in [3.63, 3.8) is 0 Å². The Bertz CT molecular complexity index is 622. The second-order valence-corrected chi connectivity index (χ2v) is 9.75. The second kappa shape index (κ2) is 4.63. The van der Waals surface area contributed by atoms with Crippen molar-refractivity contribution in [1.29, 1.82) is 0 Å². The van der Waals surface area contributed by atoms with Gasteiger partial charge in [0.2, 0.25) is 0 Å². The summed E-state index contributed by atoms with van der Waals surface area (Å²) in [6.07, 6.45) is 7.39. The molecule has 0 heterocycles. The van der Waals surface area contributed by atoms with Crippen LogP contribution in [-0.2, 0) is 0 Å². The first-order chi connectivity index (χ1) is 10.7.